The molecule has 1 aliphatic heterocycles. The van der Waals surface area contributed by atoms with Gasteiger partial charge in [-0.2, -0.15) is 0 Å². The number of rotatable bonds is 3. The molecule has 1 aliphatic rings. The zero-order valence-corrected chi connectivity index (χ0v) is 14.1. The highest BCUT2D eigenvalue weighted by atomic mass is 19.1. The predicted octanol–water partition coefficient (Wildman–Crippen LogP) is 2.07. The van der Waals surface area contributed by atoms with Crippen molar-refractivity contribution in [3.8, 4) is 0 Å². The molecule has 2 N–H and O–H groups in total. The summed E-state index contributed by atoms with van der Waals surface area (Å²) in [7, 11) is 0. The highest BCUT2D eigenvalue weighted by Gasteiger charge is 2.25. The Labute approximate surface area is 150 Å². The van der Waals surface area contributed by atoms with Gasteiger partial charge in [0.05, 0.1) is 12.1 Å². The molecule has 0 radical (unpaired) electrons. The van der Waals surface area contributed by atoms with Crippen LogP contribution in [0.4, 0.5) is 14.5 Å². The van der Waals surface area contributed by atoms with Crippen molar-refractivity contribution >= 4 is 17.5 Å². The van der Waals surface area contributed by atoms with Crippen LogP contribution < -0.4 is 5.73 Å². The molecular weight excluding hydrogens is 340 g/mol. The predicted molar refractivity (Wildman–Crippen MR) is 93.4 cm³/mol. The lowest BCUT2D eigenvalue weighted by Crippen LogP contribution is -2.51. The first-order chi connectivity index (χ1) is 12.4. The van der Waals surface area contributed by atoms with Crippen LogP contribution in [0, 0.1) is 11.6 Å². The zero-order chi connectivity index (χ0) is 18.7. The number of piperazine rings is 1. The van der Waals surface area contributed by atoms with Crippen LogP contribution in [0.5, 0.6) is 0 Å². The molecule has 5 nitrogen and oxygen atoms in total. The summed E-state index contributed by atoms with van der Waals surface area (Å²) in [6, 6.07) is 9.81. The van der Waals surface area contributed by atoms with Gasteiger partial charge in [-0.1, -0.05) is 12.1 Å². The minimum Gasteiger partial charge on any atom is -0.396 e. The highest BCUT2D eigenvalue weighted by Crippen LogP contribution is 2.15. The van der Waals surface area contributed by atoms with Crippen LogP contribution in [0.1, 0.15) is 15.9 Å². The maximum atomic E-state index is 13.5. The molecule has 0 aromatic heterocycles. The molecule has 1 saturated heterocycles. The van der Waals surface area contributed by atoms with Crippen LogP contribution in [0.25, 0.3) is 0 Å². The van der Waals surface area contributed by atoms with Crippen LogP contribution in [-0.4, -0.2) is 47.8 Å². The van der Waals surface area contributed by atoms with E-state index in [2.05, 4.69) is 0 Å². The van der Waals surface area contributed by atoms with E-state index in [0.29, 0.717) is 26.2 Å². The number of benzene rings is 2. The summed E-state index contributed by atoms with van der Waals surface area (Å²) in [6.45, 7) is 1.56. The number of nitrogens with zero attached hydrogens (tertiary/aromatic N) is 2. The summed E-state index contributed by atoms with van der Waals surface area (Å²) in [5.74, 6) is -1.31. The number of nitrogen functional groups attached to an aromatic ring is 1. The van der Waals surface area contributed by atoms with Crippen molar-refractivity contribution in [2.24, 2.45) is 0 Å². The van der Waals surface area contributed by atoms with Gasteiger partial charge in [-0.05, 0) is 35.9 Å². The number of carbonyl (C=O) groups is 2. The molecule has 0 unspecified atom stereocenters. The van der Waals surface area contributed by atoms with Crippen molar-refractivity contribution in [3.63, 3.8) is 0 Å². The Balaban J connectivity index is 1.56. The number of hydrogen-bond acceptors (Lipinski definition) is 3. The van der Waals surface area contributed by atoms with Crippen LogP contribution in [0.3, 0.4) is 0 Å². The average Bonchev–Trinajstić information content (AvgIpc) is 2.65. The second-order valence-corrected chi connectivity index (χ2v) is 6.21. The molecule has 0 saturated carbocycles. The van der Waals surface area contributed by atoms with Crippen molar-refractivity contribution in [3.05, 3.63) is 65.2 Å². The number of carbonyl (C=O) groups excluding carboxylic acids is 2. The summed E-state index contributed by atoms with van der Waals surface area (Å²) in [6.07, 6.45) is 0.192. The van der Waals surface area contributed by atoms with Gasteiger partial charge in [0.15, 0.2) is 0 Å². The lowest BCUT2D eigenvalue weighted by molar-refractivity contribution is -0.131. The minimum absolute atomic E-state index is 0.00207. The van der Waals surface area contributed by atoms with Gasteiger partial charge in [-0.3, -0.25) is 9.59 Å². The molecule has 2 aromatic rings. The third-order valence-corrected chi connectivity index (χ3v) is 4.44. The molecule has 0 aliphatic carbocycles. The SMILES string of the molecule is Nc1ccc(C(=O)N2CCN(C(=O)Cc3ccc(F)cc3)CC2)cc1F. The first-order valence-electron chi connectivity index (χ1n) is 8.30. The Morgan fingerprint density at radius 3 is 2.15 bits per heavy atom. The normalized spacial score (nSPS) is 14.4. The Morgan fingerprint density at radius 2 is 1.54 bits per heavy atom. The first-order valence-corrected chi connectivity index (χ1v) is 8.30. The van der Waals surface area contributed by atoms with E-state index < -0.39 is 5.82 Å². The topological polar surface area (TPSA) is 66.6 Å². The molecule has 26 heavy (non-hydrogen) atoms. The summed E-state index contributed by atoms with van der Waals surface area (Å²) < 4.78 is 26.5. The molecule has 0 spiro atoms. The van der Waals surface area contributed by atoms with E-state index in [1.165, 1.54) is 24.3 Å². The highest BCUT2D eigenvalue weighted by molar-refractivity contribution is 5.94. The maximum absolute atomic E-state index is 13.5. The lowest BCUT2D eigenvalue weighted by Gasteiger charge is -2.35. The van der Waals surface area contributed by atoms with Crippen molar-refractivity contribution in [1.29, 1.82) is 0 Å². The molecule has 1 heterocycles. The van der Waals surface area contributed by atoms with E-state index in [-0.39, 0.29) is 35.3 Å². The monoisotopic (exact) mass is 359 g/mol. The maximum Gasteiger partial charge on any atom is 0.254 e. The van der Waals surface area contributed by atoms with Gasteiger partial charge in [-0.25, -0.2) is 8.78 Å². The van der Waals surface area contributed by atoms with E-state index in [1.54, 1.807) is 21.9 Å². The van der Waals surface area contributed by atoms with Crippen LogP contribution in [0.15, 0.2) is 42.5 Å². The molecule has 0 atom stereocenters. The van der Waals surface area contributed by atoms with Crippen LogP contribution in [0.2, 0.25) is 0 Å². The lowest BCUT2D eigenvalue weighted by atomic mass is 10.1. The van der Waals surface area contributed by atoms with Gasteiger partial charge >= 0.3 is 0 Å². The Morgan fingerprint density at radius 1 is 0.923 bits per heavy atom. The van der Waals surface area contributed by atoms with Gasteiger partial charge in [0, 0.05) is 31.7 Å². The molecule has 0 bridgehead atoms. The van der Waals surface area contributed by atoms with Crippen molar-refractivity contribution in [2.75, 3.05) is 31.9 Å². The Kier molecular flexibility index (Phi) is 5.16. The third-order valence-electron chi connectivity index (χ3n) is 4.44. The summed E-state index contributed by atoms with van der Waals surface area (Å²) >= 11 is 0. The molecular formula is C19H19F2N3O2. The van der Waals surface area contributed by atoms with Crippen LogP contribution in [-0.2, 0) is 11.2 Å². The van der Waals surface area contributed by atoms with E-state index in [9.17, 15) is 18.4 Å². The summed E-state index contributed by atoms with van der Waals surface area (Å²) in [5.41, 5.74) is 6.40. The molecule has 2 amide bonds. The fourth-order valence-electron chi connectivity index (χ4n) is 2.89. The van der Waals surface area contributed by atoms with E-state index in [1.807, 2.05) is 0 Å². The first kappa shape index (κ1) is 17.8. The number of amides is 2. The average molecular weight is 359 g/mol. The minimum atomic E-state index is -0.621. The second-order valence-electron chi connectivity index (χ2n) is 6.21. The third kappa shape index (κ3) is 3.99. The van der Waals surface area contributed by atoms with Crippen molar-refractivity contribution < 1.29 is 18.4 Å². The molecule has 2 aromatic carbocycles. The van der Waals surface area contributed by atoms with Gasteiger partial charge in [0.25, 0.3) is 5.91 Å². The van der Waals surface area contributed by atoms with Gasteiger partial charge in [0.1, 0.15) is 11.6 Å². The quantitative estimate of drug-likeness (QED) is 0.854. The summed E-state index contributed by atoms with van der Waals surface area (Å²) in [5, 5.41) is 0. The van der Waals surface area contributed by atoms with E-state index >= 15 is 0 Å². The van der Waals surface area contributed by atoms with E-state index in [4.69, 9.17) is 5.73 Å². The Bertz CT molecular complexity index is 816. The summed E-state index contributed by atoms with van der Waals surface area (Å²) in [4.78, 5) is 28.1. The fourth-order valence-corrected chi connectivity index (χ4v) is 2.89. The number of hydrogen-bond donors (Lipinski definition) is 1. The molecule has 136 valence electrons. The van der Waals surface area contributed by atoms with Crippen LogP contribution >= 0.6 is 0 Å². The largest absolute Gasteiger partial charge is 0.396 e. The number of halogens is 2. The second kappa shape index (κ2) is 7.51. The number of anilines is 1. The van der Waals surface area contributed by atoms with Crippen molar-refractivity contribution in [1.82, 2.24) is 9.80 Å². The fraction of sp³-hybridized carbons (Fsp3) is 0.263. The molecule has 7 heteroatoms. The van der Waals surface area contributed by atoms with Crippen molar-refractivity contribution in [2.45, 2.75) is 6.42 Å². The zero-order valence-electron chi connectivity index (χ0n) is 14.1. The Hall–Kier alpha value is -2.96. The van der Waals surface area contributed by atoms with Gasteiger partial charge < -0.3 is 15.5 Å². The van der Waals surface area contributed by atoms with Gasteiger partial charge in [0.2, 0.25) is 5.91 Å². The number of nitrogens with two attached hydrogens (primary N) is 1. The smallest absolute Gasteiger partial charge is 0.254 e. The van der Waals surface area contributed by atoms with E-state index in [0.717, 1.165) is 11.6 Å². The standard InChI is InChI=1S/C19H19F2N3O2/c20-15-4-1-13(2-5-15)11-18(25)23-7-9-24(10-8-23)19(26)14-3-6-17(22)16(21)12-14/h1-6,12H,7-11,22H2. The van der Waals surface area contributed by atoms with Gasteiger partial charge in [-0.15, -0.1) is 0 Å². The molecule has 1 fully saturated rings. The molecule has 3 rings (SSSR count).